The van der Waals surface area contributed by atoms with Gasteiger partial charge in [-0.1, -0.05) is 12.7 Å². The molecule has 9 heavy (non-hydrogen) atoms. The van der Waals surface area contributed by atoms with Crippen molar-refractivity contribution in [3.63, 3.8) is 0 Å². The molecule has 0 saturated heterocycles. The molecule has 0 atom stereocenters. The van der Waals surface area contributed by atoms with Crippen LogP contribution < -0.4 is 0 Å². The second-order valence-electron chi connectivity index (χ2n) is 1.35. The molecule has 0 bridgehead atoms. The average molecular weight is 125 g/mol. The molecule has 0 N–H and O–H groups in total. The highest BCUT2D eigenvalue weighted by molar-refractivity contribution is 5.71. The lowest BCUT2D eigenvalue weighted by Crippen LogP contribution is -1.98. The van der Waals surface area contributed by atoms with Crippen molar-refractivity contribution in [2.24, 2.45) is 0 Å². The first-order valence-corrected chi connectivity index (χ1v) is 2.56. The van der Waals surface area contributed by atoms with Gasteiger partial charge in [-0.3, -0.25) is 4.79 Å². The van der Waals surface area contributed by atoms with E-state index in [9.17, 15) is 4.79 Å². The SMILES string of the molecule is C=C[CH]OC(=O)CC=C. The minimum atomic E-state index is -0.315. The molecule has 1 radical (unpaired) electrons. The lowest BCUT2D eigenvalue weighted by atomic mass is 10.4. The summed E-state index contributed by atoms with van der Waals surface area (Å²) in [5.74, 6) is -0.315. The van der Waals surface area contributed by atoms with E-state index in [0.29, 0.717) is 0 Å². The van der Waals surface area contributed by atoms with Crippen molar-refractivity contribution in [1.82, 2.24) is 0 Å². The van der Waals surface area contributed by atoms with E-state index in [-0.39, 0.29) is 12.4 Å². The van der Waals surface area contributed by atoms with Crippen molar-refractivity contribution in [2.75, 3.05) is 0 Å². The largest absolute Gasteiger partial charge is 0.454 e. The van der Waals surface area contributed by atoms with Crippen molar-refractivity contribution in [2.45, 2.75) is 6.42 Å². The summed E-state index contributed by atoms with van der Waals surface area (Å²) >= 11 is 0. The third-order valence-corrected chi connectivity index (χ3v) is 0.607. The smallest absolute Gasteiger partial charge is 0.310 e. The van der Waals surface area contributed by atoms with Crippen molar-refractivity contribution < 1.29 is 9.53 Å². The van der Waals surface area contributed by atoms with Crippen LogP contribution >= 0.6 is 0 Å². The molecule has 0 aromatic heterocycles. The van der Waals surface area contributed by atoms with Gasteiger partial charge in [-0.25, -0.2) is 0 Å². The van der Waals surface area contributed by atoms with Crippen molar-refractivity contribution in [1.29, 1.82) is 0 Å². The highest BCUT2D eigenvalue weighted by atomic mass is 16.5. The Morgan fingerprint density at radius 1 is 1.56 bits per heavy atom. The number of hydrogen-bond acceptors (Lipinski definition) is 2. The predicted molar refractivity (Wildman–Crippen MR) is 35.4 cm³/mol. The molecule has 0 saturated carbocycles. The van der Waals surface area contributed by atoms with Gasteiger partial charge in [0, 0.05) is 0 Å². The Hall–Kier alpha value is -1.05. The predicted octanol–water partition coefficient (Wildman–Crippen LogP) is 1.45. The first kappa shape index (κ1) is 7.95. The van der Waals surface area contributed by atoms with E-state index in [2.05, 4.69) is 17.9 Å². The molecule has 0 amide bonds. The Bertz CT molecular complexity index is 116. The first-order valence-electron chi connectivity index (χ1n) is 2.56. The van der Waals surface area contributed by atoms with E-state index in [1.165, 1.54) is 18.8 Å². The molecular formula is C7H9O2. The van der Waals surface area contributed by atoms with Crippen molar-refractivity contribution in [3.05, 3.63) is 31.9 Å². The first-order chi connectivity index (χ1) is 4.31. The standard InChI is InChI=1S/C7H9O2/c1-3-5-7(8)9-6-4-2/h3-4,6H,1-2,5H2. The Labute approximate surface area is 54.8 Å². The fourth-order valence-electron chi connectivity index (χ4n) is 0.290. The van der Waals surface area contributed by atoms with Crippen LogP contribution in [-0.4, -0.2) is 5.97 Å². The van der Waals surface area contributed by atoms with E-state index >= 15 is 0 Å². The lowest BCUT2D eigenvalue weighted by Gasteiger charge is -1.94. The fourth-order valence-corrected chi connectivity index (χ4v) is 0.290. The molecule has 0 aliphatic rings. The van der Waals surface area contributed by atoms with Crippen LogP contribution in [0.1, 0.15) is 6.42 Å². The van der Waals surface area contributed by atoms with E-state index in [0.717, 1.165) is 0 Å². The highest BCUT2D eigenvalue weighted by Crippen LogP contribution is 1.89. The summed E-state index contributed by atoms with van der Waals surface area (Å²) in [5, 5.41) is 0. The van der Waals surface area contributed by atoms with Gasteiger partial charge in [0.15, 0.2) is 6.61 Å². The Kier molecular flexibility index (Phi) is 4.50. The lowest BCUT2D eigenvalue weighted by molar-refractivity contribution is -0.138. The van der Waals surface area contributed by atoms with Gasteiger partial charge in [0.1, 0.15) is 0 Å². The fraction of sp³-hybridized carbons (Fsp3) is 0.143. The van der Waals surface area contributed by atoms with E-state index in [1.54, 1.807) is 0 Å². The Morgan fingerprint density at radius 2 is 2.22 bits per heavy atom. The molecule has 49 valence electrons. The monoisotopic (exact) mass is 125 g/mol. The minimum absolute atomic E-state index is 0.240. The minimum Gasteiger partial charge on any atom is -0.454 e. The van der Waals surface area contributed by atoms with Gasteiger partial charge in [-0.15, -0.1) is 6.58 Å². The van der Waals surface area contributed by atoms with Crippen LogP contribution in [0.15, 0.2) is 25.3 Å². The van der Waals surface area contributed by atoms with Gasteiger partial charge < -0.3 is 4.74 Å². The van der Waals surface area contributed by atoms with Gasteiger partial charge in [-0.05, 0) is 6.08 Å². The molecule has 0 aliphatic heterocycles. The summed E-state index contributed by atoms with van der Waals surface area (Å²) in [6.07, 6.45) is 3.13. The maximum atomic E-state index is 10.4. The molecule has 2 heteroatoms. The molecular weight excluding hydrogens is 116 g/mol. The van der Waals surface area contributed by atoms with Crippen LogP contribution in [0.25, 0.3) is 0 Å². The number of carbonyl (C=O) groups excluding carboxylic acids is 1. The molecule has 0 unspecified atom stereocenters. The molecule has 0 rings (SSSR count). The van der Waals surface area contributed by atoms with Crippen LogP contribution in [0, 0.1) is 6.61 Å². The summed E-state index contributed by atoms with van der Waals surface area (Å²) in [6, 6.07) is 0. The topological polar surface area (TPSA) is 26.3 Å². The van der Waals surface area contributed by atoms with E-state index in [4.69, 9.17) is 0 Å². The molecule has 0 aromatic rings. The van der Waals surface area contributed by atoms with Gasteiger partial charge >= 0.3 is 5.97 Å². The Morgan fingerprint density at radius 3 is 2.67 bits per heavy atom. The quantitative estimate of drug-likeness (QED) is 0.420. The summed E-state index contributed by atoms with van der Waals surface area (Å²) in [5.41, 5.74) is 0. The average Bonchev–Trinajstić information content (AvgIpc) is 1.85. The van der Waals surface area contributed by atoms with Gasteiger partial charge in [-0.2, -0.15) is 0 Å². The second kappa shape index (κ2) is 5.09. The number of esters is 1. The number of carbonyl (C=O) groups is 1. The maximum absolute atomic E-state index is 10.4. The second-order valence-corrected chi connectivity index (χ2v) is 1.35. The molecule has 2 nitrogen and oxygen atoms in total. The van der Waals surface area contributed by atoms with Crippen LogP contribution in [0.5, 0.6) is 0 Å². The van der Waals surface area contributed by atoms with Crippen LogP contribution in [0.4, 0.5) is 0 Å². The highest BCUT2D eigenvalue weighted by Gasteiger charge is 1.94. The van der Waals surface area contributed by atoms with Crippen LogP contribution in [0.2, 0.25) is 0 Å². The maximum Gasteiger partial charge on any atom is 0.310 e. The van der Waals surface area contributed by atoms with Gasteiger partial charge in [0.05, 0.1) is 6.42 Å². The van der Waals surface area contributed by atoms with Crippen LogP contribution in [-0.2, 0) is 9.53 Å². The molecule has 0 fully saturated rings. The van der Waals surface area contributed by atoms with Crippen molar-refractivity contribution in [3.8, 4) is 0 Å². The van der Waals surface area contributed by atoms with E-state index < -0.39 is 0 Å². The normalized spacial score (nSPS) is 8.00. The number of rotatable bonds is 4. The summed E-state index contributed by atoms with van der Waals surface area (Å²) < 4.78 is 4.48. The number of ether oxygens (including phenoxy) is 1. The zero-order chi connectivity index (χ0) is 7.11. The third-order valence-electron chi connectivity index (χ3n) is 0.607. The molecule has 0 aliphatic carbocycles. The van der Waals surface area contributed by atoms with Crippen LogP contribution in [0.3, 0.4) is 0 Å². The molecule has 0 spiro atoms. The molecule has 0 aromatic carbocycles. The van der Waals surface area contributed by atoms with E-state index in [1.807, 2.05) is 0 Å². The zero-order valence-corrected chi connectivity index (χ0v) is 5.17. The molecule has 0 heterocycles. The number of hydrogen-bond donors (Lipinski definition) is 0. The summed E-state index contributed by atoms with van der Waals surface area (Å²) in [6.45, 7) is 7.94. The third kappa shape index (κ3) is 4.81. The summed E-state index contributed by atoms with van der Waals surface area (Å²) in [7, 11) is 0. The van der Waals surface area contributed by atoms with Gasteiger partial charge in [0.25, 0.3) is 0 Å². The van der Waals surface area contributed by atoms with Crippen molar-refractivity contribution >= 4 is 5.97 Å². The zero-order valence-electron chi connectivity index (χ0n) is 5.17. The summed E-state index contributed by atoms with van der Waals surface area (Å²) in [4.78, 5) is 10.4. The Balaban J connectivity index is 3.26. The van der Waals surface area contributed by atoms with Gasteiger partial charge in [0.2, 0.25) is 0 Å².